The van der Waals surface area contributed by atoms with Gasteiger partial charge >= 0.3 is 0 Å². The Labute approximate surface area is 144 Å². The van der Waals surface area contributed by atoms with Crippen molar-refractivity contribution >= 4 is 28.0 Å². The maximum Gasteiger partial charge on any atom is 0.190 e. The number of furan rings is 1. The normalized spacial score (nSPS) is 12.4. The van der Waals surface area contributed by atoms with Crippen molar-refractivity contribution in [2.24, 2.45) is 4.99 Å². The van der Waals surface area contributed by atoms with Crippen LogP contribution in [0, 0.1) is 0 Å². The Morgan fingerprint density at radius 1 is 1.00 bits per heavy atom. The molecule has 0 atom stereocenters. The van der Waals surface area contributed by atoms with Crippen molar-refractivity contribution in [3.05, 3.63) is 70.8 Å². The summed E-state index contributed by atoms with van der Waals surface area (Å²) in [5.41, 5.74) is 2.95. The van der Waals surface area contributed by atoms with Gasteiger partial charge in [-0.15, -0.1) is 11.3 Å². The molecule has 0 aliphatic rings. The highest BCUT2D eigenvalue weighted by Crippen LogP contribution is 2.29. The lowest BCUT2D eigenvalue weighted by atomic mass is 10.2. The van der Waals surface area contributed by atoms with E-state index in [9.17, 15) is 0 Å². The number of aromatic nitrogens is 1. The van der Waals surface area contributed by atoms with Crippen LogP contribution in [0.4, 0.5) is 5.69 Å². The van der Waals surface area contributed by atoms with Crippen LogP contribution in [0.5, 0.6) is 0 Å². The van der Waals surface area contributed by atoms with Gasteiger partial charge in [-0.2, -0.15) is 0 Å². The molecule has 0 bridgehead atoms. The average molecular weight is 334 g/mol. The van der Waals surface area contributed by atoms with Crippen molar-refractivity contribution in [3.63, 3.8) is 0 Å². The molecule has 0 saturated carbocycles. The maximum absolute atomic E-state index is 6.05. The van der Waals surface area contributed by atoms with Crippen molar-refractivity contribution in [1.29, 1.82) is 0 Å². The van der Waals surface area contributed by atoms with E-state index in [1.807, 2.05) is 48.5 Å². The summed E-state index contributed by atoms with van der Waals surface area (Å²) in [5.74, 6) is 0.885. The second-order valence-corrected chi connectivity index (χ2v) is 6.80. The summed E-state index contributed by atoms with van der Waals surface area (Å²) in [6, 6.07) is 20.5. The Morgan fingerprint density at radius 3 is 2.50 bits per heavy atom. The molecule has 24 heavy (non-hydrogen) atoms. The molecule has 0 radical (unpaired) electrons. The summed E-state index contributed by atoms with van der Waals surface area (Å²) < 4.78 is 8.28. The second-order valence-electron chi connectivity index (χ2n) is 5.96. The predicted molar refractivity (Wildman–Crippen MR) is 99.6 cm³/mol. The number of rotatable bonds is 3. The highest BCUT2D eigenvalue weighted by atomic mass is 32.1. The lowest BCUT2D eigenvalue weighted by molar-refractivity contribution is 0.567. The Hall–Kier alpha value is -2.59. The molecule has 2 aromatic heterocycles. The van der Waals surface area contributed by atoms with Gasteiger partial charge in [-0.05, 0) is 38.1 Å². The van der Waals surface area contributed by atoms with Crippen molar-refractivity contribution in [3.8, 4) is 11.5 Å². The summed E-state index contributed by atoms with van der Waals surface area (Å²) in [6.45, 7) is 4.34. The van der Waals surface area contributed by atoms with E-state index in [0.717, 1.165) is 32.9 Å². The van der Waals surface area contributed by atoms with Gasteiger partial charge in [0, 0.05) is 16.8 Å². The lowest BCUT2D eigenvalue weighted by Gasteiger charge is -2.11. The van der Waals surface area contributed by atoms with E-state index in [-0.39, 0.29) is 0 Å². The summed E-state index contributed by atoms with van der Waals surface area (Å²) >= 11 is 1.64. The van der Waals surface area contributed by atoms with Crippen LogP contribution in [0.15, 0.2) is 75.5 Å². The van der Waals surface area contributed by atoms with Gasteiger partial charge in [0.05, 0.1) is 11.4 Å². The summed E-state index contributed by atoms with van der Waals surface area (Å²) in [5, 5.41) is 3.25. The first-order chi connectivity index (χ1) is 11.7. The number of hydrogen-bond donors (Lipinski definition) is 0. The molecule has 4 aromatic rings. The predicted octanol–water partition coefficient (Wildman–Crippen LogP) is 5.78. The zero-order valence-electron chi connectivity index (χ0n) is 13.6. The number of thiazole rings is 1. The van der Waals surface area contributed by atoms with Gasteiger partial charge in [-0.1, -0.05) is 36.4 Å². The second kappa shape index (κ2) is 6.13. The molecule has 4 heteroatoms. The molecule has 0 unspecified atom stereocenters. The fourth-order valence-corrected chi connectivity index (χ4v) is 3.83. The smallest absolute Gasteiger partial charge is 0.190 e. The van der Waals surface area contributed by atoms with Crippen LogP contribution >= 0.6 is 11.3 Å². The minimum Gasteiger partial charge on any atom is -0.454 e. The Balaban J connectivity index is 1.89. The fourth-order valence-electron chi connectivity index (χ4n) is 2.80. The highest BCUT2D eigenvalue weighted by Gasteiger charge is 2.14. The van der Waals surface area contributed by atoms with Crippen molar-refractivity contribution in [2.45, 2.75) is 19.9 Å². The number of benzene rings is 2. The fraction of sp³-hybridized carbons (Fsp3) is 0.150. The molecule has 0 fully saturated rings. The van der Waals surface area contributed by atoms with Gasteiger partial charge in [0.15, 0.2) is 10.6 Å². The lowest BCUT2D eigenvalue weighted by Crippen LogP contribution is -2.17. The third-order valence-electron chi connectivity index (χ3n) is 3.92. The van der Waals surface area contributed by atoms with Crippen LogP contribution in [-0.2, 0) is 0 Å². The van der Waals surface area contributed by atoms with Gasteiger partial charge in [0.2, 0.25) is 0 Å². The van der Waals surface area contributed by atoms with Gasteiger partial charge in [-0.3, -0.25) is 0 Å². The molecule has 0 aliphatic heterocycles. The van der Waals surface area contributed by atoms with Gasteiger partial charge in [0.25, 0.3) is 0 Å². The van der Waals surface area contributed by atoms with Crippen molar-refractivity contribution < 1.29 is 4.42 Å². The molecule has 2 aromatic carbocycles. The van der Waals surface area contributed by atoms with Crippen molar-refractivity contribution in [1.82, 2.24) is 4.57 Å². The maximum atomic E-state index is 6.05. The van der Waals surface area contributed by atoms with E-state index >= 15 is 0 Å². The number of hydrogen-bond acceptors (Lipinski definition) is 3. The molecule has 2 heterocycles. The van der Waals surface area contributed by atoms with Gasteiger partial charge in [0.1, 0.15) is 5.58 Å². The third kappa shape index (κ3) is 2.69. The monoisotopic (exact) mass is 334 g/mol. The summed E-state index contributed by atoms with van der Waals surface area (Å²) in [6.07, 6.45) is 0. The zero-order valence-corrected chi connectivity index (χ0v) is 14.5. The standard InChI is InChI=1S/C20H18N2OS/c1-14(2)22-17(19-12-15-8-6-7-11-18(15)23-19)13-24-20(22)21-16-9-4-3-5-10-16/h3-14H,1-2H3. The number of fused-ring (bicyclic) bond motifs is 1. The first-order valence-corrected chi connectivity index (χ1v) is 8.89. The molecule has 120 valence electrons. The van der Waals surface area contributed by atoms with Crippen LogP contribution in [0.3, 0.4) is 0 Å². The third-order valence-corrected chi connectivity index (χ3v) is 4.76. The first kappa shape index (κ1) is 15.0. The van der Waals surface area contributed by atoms with E-state index in [1.54, 1.807) is 11.3 Å². The quantitative estimate of drug-likeness (QED) is 0.467. The molecule has 3 nitrogen and oxygen atoms in total. The van der Waals surface area contributed by atoms with Gasteiger partial charge < -0.3 is 8.98 Å². The minimum absolute atomic E-state index is 0.293. The summed E-state index contributed by atoms with van der Waals surface area (Å²) in [4.78, 5) is 5.78. The highest BCUT2D eigenvalue weighted by molar-refractivity contribution is 7.07. The number of para-hydroxylation sites is 2. The van der Waals surface area contributed by atoms with Crippen LogP contribution < -0.4 is 4.80 Å². The van der Waals surface area contributed by atoms with Crippen LogP contribution in [0.25, 0.3) is 22.4 Å². The Bertz CT molecular complexity index is 1010. The van der Waals surface area contributed by atoms with Crippen LogP contribution in [-0.4, -0.2) is 4.57 Å². The summed E-state index contributed by atoms with van der Waals surface area (Å²) in [7, 11) is 0. The Kier molecular flexibility index (Phi) is 3.82. The SMILES string of the molecule is CC(C)n1c(-c2cc3ccccc3o2)csc1=Nc1ccccc1. The Morgan fingerprint density at radius 2 is 1.75 bits per heavy atom. The topological polar surface area (TPSA) is 30.4 Å². The van der Waals surface area contributed by atoms with E-state index in [2.05, 4.69) is 35.9 Å². The molecule has 0 saturated heterocycles. The van der Waals surface area contributed by atoms with E-state index in [1.165, 1.54) is 0 Å². The zero-order chi connectivity index (χ0) is 16.5. The molecular weight excluding hydrogens is 316 g/mol. The van der Waals surface area contributed by atoms with E-state index in [0.29, 0.717) is 6.04 Å². The largest absolute Gasteiger partial charge is 0.454 e. The van der Waals surface area contributed by atoms with Crippen molar-refractivity contribution in [2.75, 3.05) is 0 Å². The molecular formula is C20H18N2OS. The molecule has 0 N–H and O–H groups in total. The van der Waals surface area contributed by atoms with E-state index in [4.69, 9.17) is 9.41 Å². The first-order valence-electron chi connectivity index (χ1n) is 8.01. The molecule has 4 rings (SSSR count). The van der Waals surface area contributed by atoms with Crippen LogP contribution in [0.1, 0.15) is 19.9 Å². The van der Waals surface area contributed by atoms with E-state index < -0.39 is 0 Å². The minimum atomic E-state index is 0.293. The number of nitrogens with zero attached hydrogens (tertiary/aromatic N) is 2. The van der Waals surface area contributed by atoms with Crippen LogP contribution in [0.2, 0.25) is 0 Å². The molecule has 0 spiro atoms. The van der Waals surface area contributed by atoms with Gasteiger partial charge in [-0.25, -0.2) is 4.99 Å². The average Bonchev–Trinajstić information content (AvgIpc) is 3.19. The molecule has 0 aliphatic carbocycles. The molecule has 0 amide bonds.